The topological polar surface area (TPSA) is 63.9 Å². The quantitative estimate of drug-likeness (QED) is 0.824. The molecule has 6 nitrogen and oxygen atoms in total. The number of carbonyl (C=O) groups is 1. The van der Waals surface area contributed by atoms with E-state index in [2.05, 4.69) is 15.0 Å². The first-order chi connectivity index (χ1) is 9.75. The molecule has 1 aliphatic heterocycles. The molecule has 0 aromatic carbocycles. The van der Waals surface area contributed by atoms with Crippen LogP contribution in [0.1, 0.15) is 35.1 Å². The Balaban J connectivity index is 1.76. The van der Waals surface area contributed by atoms with Gasteiger partial charge in [-0.2, -0.15) is 0 Å². The van der Waals surface area contributed by atoms with Gasteiger partial charge < -0.3 is 9.47 Å². The average molecular weight is 271 g/mol. The molecule has 3 rings (SSSR count). The first-order valence-corrected chi connectivity index (χ1v) is 6.78. The predicted molar refractivity (Wildman–Crippen MR) is 73.1 cm³/mol. The first kappa shape index (κ1) is 12.8. The lowest BCUT2D eigenvalue weighted by atomic mass is 9.94. The van der Waals surface area contributed by atoms with Crippen molar-refractivity contribution in [3.63, 3.8) is 0 Å². The van der Waals surface area contributed by atoms with Gasteiger partial charge in [-0.1, -0.05) is 0 Å². The van der Waals surface area contributed by atoms with Crippen molar-refractivity contribution in [1.29, 1.82) is 0 Å². The Labute approximate surface area is 117 Å². The van der Waals surface area contributed by atoms with E-state index in [0.29, 0.717) is 12.4 Å². The largest absolute Gasteiger partial charge is 0.335 e. The highest BCUT2D eigenvalue weighted by Gasteiger charge is 2.27. The van der Waals surface area contributed by atoms with Crippen LogP contribution < -0.4 is 0 Å². The lowest BCUT2D eigenvalue weighted by Crippen LogP contribution is -2.40. The maximum Gasteiger partial charge on any atom is 0.289 e. The molecule has 1 fully saturated rings. The summed E-state index contributed by atoms with van der Waals surface area (Å²) in [7, 11) is 1.84. The van der Waals surface area contributed by atoms with Gasteiger partial charge in [0.1, 0.15) is 6.33 Å². The molecule has 2 aromatic heterocycles. The Bertz CT molecular complexity index is 595. The van der Waals surface area contributed by atoms with E-state index in [1.54, 1.807) is 29.5 Å². The van der Waals surface area contributed by atoms with E-state index in [9.17, 15) is 4.79 Å². The summed E-state index contributed by atoms with van der Waals surface area (Å²) in [4.78, 5) is 26.7. The van der Waals surface area contributed by atoms with Crippen LogP contribution in [0.15, 0.2) is 31.0 Å². The molecule has 0 spiro atoms. The van der Waals surface area contributed by atoms with Gasteiger partial charge in [0.2, 0.25) is 0 Å². The van der Waals surface area contributed by atoms with Gasteiger partial charge in [-0.15, -0.1) is 0 Å². The zero-order valence-corrected chi connectivity index (χ0v) is 11.4. The third-order valence-electron chi connectivity index (χ3n) is 3.74. The van der Waals surface area contributed by atoms with Crippen LogP contribution in [0.2, 0.25) is 0 Å². The molecule has 1 atom stereocenters. The summed E-state index contributed by atoms with van der Waals surface area (Å²) in [6.07, 6.45) is 8.81. The van der Waals surface area contributed by atoms with Crippen molar-refractivity contribution >= 4 is 5.91 Å². The van der Waals surface area contributed by atoms with Crippen molar-refractivity contribution in [2.75, 3.05) is 13.1 Å². The van der Waals surface area contributed by atoms with Gasteiger partial charge in [0.15, 0.2) is 5.82 Å². The third-order valence-corrected chi connectivity index (χ3v) is 3.74. The summed E-state index contributed by atoms with van der Waals surface area (Å²) in [5.41, 5.74) is 1.01. The zero-order valence-electron chi connectivity index (χ0n) is 11.4. The molecule has 1 saturated heterocycles. The van der Waals surface area contributed by atoms with Crippen molar-refractivity contribution < 1.29 is 4.79 Å². The van der Waals surface area contributed by atoms with E-state index in [4.69, 9.17) is 0 Å². The van der Waals surface area contributed by atoms with E-state index in [-0.39, 0.29) is 11.8 Å². The van der Waals surface area contributed by atoms with Crippen LogP contribution in [0, 0.1) is 0 Å². The van der Waals surface area contributed by atoms with Crippen molar-refractivity contribution in [2.24, 2.45) is 7.05 Å². The van der Waals surface area contributed by atoms with Gasteiger partial charge >= 0.3 is 0 Å². The van der Waals surface area contributed by atoms with Gasteiger partial charge in [0.05, 0.1) is 0 Å². The second-order valence-corrected chi connectivity index (χ2v) is 5.09. The molecular weight excluding hydrogens is 254 g/mol. The fourth-order valence-electron chi connectivity index (χ4n) is 2.66. The standard InChI is InChI=1S/C14H17N5O/c1-18-8-6-16-13(18)14(20)19-7-2-3-11(9-19)12-4-5-15-10-17-12/h4-6,8,10-11H,2-3,7,9H2,1H3/t11-/m1/s1. The fraction of sp³-hybridized carbons (Fsp3) is 0.429. The summed E-state index contributed by atoms with van der Waals surface area (Å²) in [5.74, 6) is 0.778. The number of hydrogen-bond acceptors (Lipinski definition) is 4. The second kappa shape index (κ2) is 5.40. The van der Waals surface area contributed by atoms with Gasteiger partial charge in [-0.05, 0) is 18.9 Å². The lowest BCUT2D eigenvalue weighted by Gasteiger charge is -2.32. The molecule has 20 heavy (non-hydrogen) atoms. The number of likely N-dealkylation sites (tertiary alicyclic amines) is 1. The molecule has 0 radical (unpaired) electrons. The van der Waals surface area contributed by atoms with Gasteiger partial charge in [-0.25, -0.2) is 15.0 Å². The minimum absolute atomic E-state index is 0.00347. The Hall–Kier alpha value is -2.24. The maximum atomic E-state index is 12.5. The minimum atomic E-state index is -0.00347. The van der Waals surface area contributed by atoms with E-state index in [1.807, 2.05) is 18.0 Å². The fourth-order valence-corrected chi connectivity index (χ4v) is 2.66. The highest BCUT2D eigenvalue weighted by atomic mass is 16.2. The van der Waals surface area contributed by atoms with Crippen molar-refractivity contribution in [3.8, 4) is 0 Å². The summed E-state index contributed by atoms with van der Waals surface area (Å²) < 4.78 is 1.76. The number of rotatable bonds is 2. The maximum absolute atomic E-state index is 12.5. The van der Waals surface area contributed by atoms with Crippen LogP contribution in [0.4, 0.5) is 0 Å². The SMILES string of the molecule is Cn1ccnc1C(=O)N1CCC[C@@H](c2ccncn2)C1. The highest BCUT2D eigenvalue weighted by molar-refractivity contribution is 5.90. The Kier molecular flexibility index (Phi) is 3.45. The van der Waals surface area contributed by atoms with Crippen LogP contribution in [0.25, 0.3) is 0 Å². The summed E-state index contributed by atoms with van der Waals surface area (Å²) in [6.45, 7) is 1.48. The number of amides is 1. The molecule has 0 N–H and O–H groups in total. The highest BCUT2D eigenvalue weighted by Crippen LogP contribution is 2.25. The van der Waals surface area contributed by atoms with Crippen molar-refractivity contribution in [2.45, 2.75) is 18.8 Å². The predicted octanol–water partition coefficient (Wildman–Crippen LogP) is 1.23. The van der Waals surface area contributed by atoms with E-state index < -0.39 is 0 Å². The summed E-state index contributed by atoms with van der Waals surface area (Å²) in [5, 5.41) is 0. The number of hydrogen-bond donors (Lipinski definition) is 0. The lowest BCUT2D eigenvalue weighted by molar-refractivity contribution is 0.0690. The third kappa shape index (κ3) is 2.41. The number of piperidine rings is 1. The normalized spacial score (nSPS) is 19.1. The van der Waals surface area contributed by atoms with Gasteiger partial charge in [0, 0.05) is 50.3 Å². The van der Waals surface area contributed by atoms with E-state index in [0.717, 1.165) is 25.1 Å². The number of aryl methyl sites for hydroxylation is 1. The molecule has 6 heteroatoms. The molecule has 1 amide bonds. The van der Waals surface area contributed by atoms with E-state index >= 15 is 0 Å². The molecule has 0 saturated carbocycles. The zero-order chi connectivity index (χ0) is 13.9. The number of nitrogens with zero attached hydrogens (tertiary/aromatic N) is 5. The molecule has 0 unspecified atom stereocenters. The van der Waals surface area contributed by atoms with Gasteiger partial charge in [-0.3, -0.25) is 4.79 Å². The van der Waals surface area contributed by atoms with Crippen LogP contribution in [-0.4, -0.2) is 43.4 Å². The number of aromatic nitrogens is 4. The molecular formula is C14H17N5O. The van der Waals surface area contributed by atoms with E-state index in [1.165, 1.54) is 0 Å². The van der Waals surface area contributed by atoms with Crippen LogP contribution >= 0.6 is 0 Å². The van der Waals surface area contributed by atoms with Crippen LogP contribution in [0.3, 0.4) is 0 Å². The molecule has 1 aliphatic rings. The Morgan fingerprint density at radius 3 is 2.95 bits per heavy atom. The molecule has 104 valence electrons. The monoisotopic (exact) mass is 271 g/mol. The molecule has 0 bridgehead atoms. The Morgan fingerprint density at radius 2 is 2.25 bits per heavy atom. The Morgan fingerprint density at radius 1 is 1.35 bits per heavy atom. The molecule has 3 heterocycles. The summed E-state index contributed by atoms with van der Waals surface area (Å²) in [6, 6.07) is 1.93. The smallest absolute Gasteiger partial charge is 0.289 e. The number of imidazole rings is 1. The second-order valence-electron chi connectivity index (χ2n) is 5.09. The average Bonchev–Trinajstić information content (AvgIpc) is 2.94. The van der Waals surface area contributed by atoms with Crippen molar-refractivity contribution in [1.82, 2.24) is 24.4 Å². The molecule has 0 aliphatic carbocycles. The van der Waals surface area contributed by atoms with Gasteiger partial charge in [0.25, 0.3) is 5.91 Å². The van der Waals surface area contributed by atoms with Crippen LogP contribution in [0.5, 0.6) is 0 Å². The number of carbonyl (C=O) groups excluding carboxylic acids is 1. The molecule has 2 aromatic rings. The van der Waals surface area contributed by atoms with Crippen molar-refractivity contribution in [3.05, 3.63) is 42.5 Å². The van der Waals surface area contributed by atoms with Crippen LogP contribution in [-0.2, 0) is 7.05 Å². The first-order valence-electron chi connectivity index (χ1n) is 6.78. The minimum Gasteiger partial charge on any atom is -0.335 e. The summed E-state index contributed by atoms with van der Waals surface area (Å²) >= 11 is 0.